The van der Waals surface area contributed by atoms with E-state index in [4.69, 9.17) is 46.9 Å². The van der Waals surface area contributed by atoms with Gasteiger partial charge in [0.15, 0.2) is 24.8 Å². The second-order valence-corrected chi connectivity index (χ2v) is 33.1. The van der Waals surface area contributed by atoms with Crippen molar-refractivity contribution in [3.63, 3.8) is 0 Å². The van der Waals surface area contributed by atoms with Gasteiger partial charge in [0.05, 0.1) is 13.2 Å². The highest BCUT2D eigenvalue weighted by atomic mass is 31.2. The number of hydrogen-bond donors (Lipinski definition) is 10. The largest absolute Gasteiger partial charge is 0.472 e. The number of allylic oxidation sites excluding steroid dienone is 6. The minimum atomic E-state index is -5.81. The molecule has 0 spiro atoms. The van der Waals surface area contributed by atoms with Crippen LogP contribution in [0.15, 0.2) is 36.5 Å². The van der Waals surface area contributed by atoms with Crippen LogP contribution in [-0.2, 0) is 70.7 Å². The number of phosphoric ester groups is 1. The quantitative estimate of drug-likeness (QED) is 0.00889. The number of phosphoric acid groups is 1. The molecule has 26 heteroatoms. The van der Waals surface area contributed by atoms with Crippen molar-refractivity contribution in [1.29, 1.82) is 0 Å². The number of rotatable bonds is 71. The molecule has 0 amide bonds. The Balaban J connectivity index is 1.94. The topological polar surface area (TPSA) is 380 Å². The van der Waals surface area contributed by atoms with E-state index in [0.29, 0.717) is 38.5 Å². The molecule has 0 aromatic carbocycles. The highest BCUT2D eigenvalue weighted by Crippen LogP contribution is 2.49. The summed E-state index contributed by atoms with van der Waals surface area (Å²) < 4.78 is 73.2. The zero-order chi connectivity index (χ0) is 82.5. The van der Waals surface area contributed by atoms with Gasteiger partial charge in [-0.2, -0.15) is 0 Å². The highest BCUT2D eigenvalue weighted by Gasteiger charge is 2.60. The van der Waals surface area contributed by atoms with Gasteiger partial charge in [0.2, 0.25) is 0 Å². The zero-order valence-corrected chi connectivity index (χ0v) is 70.8. The molecule has 0 aromatic rings. The Labute approximate surface area is 678 Å². The number of esters is 4. The van der Waals surface area contributed by atoms with E-state index in [0.717, 1.165) is 141 Å². The molecule has 2 heterocycles. The summed E-state index contributed by atoms with van der Waals surface area (Å²) >= 11 is 0. The number of carbonyl (C=O) groups is 4. The van der Waals surface area contributed by atoms with Crippen LogP contribution in [0.25, 0.3) is 0 Å². The van der Waals surface area contributed by atoms with Crippen LogP contribution in [0.1, 0.15) is 362 Å². The van der Waals surface area contributed by atoms with Crippen LogP contribution in [-0.4, -0.2) is 205 Å². The predicted octanol–water partition coefficient (Wildman–Crippen LogP) is 15.5. The lowest BCUT2D eigenvalue weighted by Crippen LogP contribution is -2.70. The molecule has 660 valence electrons. The smallest absolute Gasteiger partial charge is 0.463 e. The molecule has 113 heavy (non-hydrogen) atoms. The number of ether oxygens (including phenoxy) is 8. The third-order valence-electron chi connectivity index (χ3n) is 21.6. The fourth-order valence-corrected chi connectivity index (χ4v) is 15.4. The van der Waals surface area contributed by atoms with Gasteiger partial charge in [-0.15, -0.1) is 0 Å². The number of hydrogen-bond acceptors (Lipinski definition) is 24. The Hall–Kier alpha value is -3.31. The SMILES string of the molecule is CCCCCC/C=C\CCCCCCCCCC(=O)OCC1OC(OC2C(OC(=O)CCCCCCCCCCCCCCC)C(O)C(O)C(OC3OC(CO)C(O)C(O)C3O)C2OP(=O)(O)OCC(COC(=O)CCCCC/C=C\CCCCCCCC)OC(=O)CCCCC/C=C\CCCCCCCC)C(O)C(O)C1O. The third-order valence-corrected chi connectivity index (χ3v) is 22.6. The molecule has 18 atom stereocenters. The molecule has 2 saturated heterocycles. The van der Waals surface area contributed by atoms with Crippen molar-refractivity contribution in [2.75, 3.05) is 26.4 Å². The summed E-state index contributed by atoms with van der Waals surface area (Å²) in [6, 6.07) is 0. The normalized spacial score (nSPS) is 25.6. The molecule has 1 aliphatic carbocycles. The van der Waals surface area contributed by atoms with E-state index in [2.05, 4.69) is 64.2 Å². The second-order valence-electron chi connectivity index (χ2n) is 31.7. The molecule has 10 N–H and O–H groups in total. The molecule has 3 fully saturated rings. The highest BCUT2D eigenvalue weighted by molar-refractivity contribution is 7.47. The lowest BCUT2D eigenvalue weighted by Gasteiger charge is -2.50. The summed E-state index contributed by atoms with van der Waals surface area (Å²) in [5, 5.41) is 102. The van der Waals surface area contributed by atoms with Crippen LogP contribution in [0, 0.1) is 0 Å². The van der Waals surface area contributed by atoms with Gasteiger partial charge in [-0.25, -0.2) is 4.57 Å². The van der Waals surface area contributed by atoms with E-state index in [-0.39, 0.29) is 25.7 Å². The molecule has 3 aliphatic rings. The summed E-state index contributed by atoms with van der Waals surface area (Å²) in [5.41, 5.74) is 0. The summed E-state index contributed by atoms with van der Waals surface area (Å²) in [5.74, 6) is -3.02. The van der Waals surface area contributed by atoms with Gasteiger partial charge >= 0.3 is 31.7 Å². The van der Waals surface area contributed by atoms with Crippen molar-refractivity contribution in [1.82, 2.24) is 0 Å². The molecule has 0 aromatic heterocycles. The Morgan fingerprint density at radius 1 is 0.345 bits per heavy atom. The van der Waals surface area contributed by atoms with Crippen molar-refractivity contribution in [2.45, 2.75) is 466 Å². The molecule has 2 aliphatic heterocycles. The Bertz CT molecular complexity index is 2510. The summed E-state index contributed by atoms with van der Waals surface area (Å²) in [7, 11) is -5.81. The predicted molar refractivity (Wildman–Crippen MR) is 435 cm³/mol. The average Bonchev–Trinajstić information content (AvgIpc) is 0.754. The van der Waals surface area contributed by atoms with Gasteiger partial charge in [-0.05, 0) is 103 Å². The fourth-order valence-electron chi connectivity index (χ4n) is 14.4. The molecule has 1 saturated carbocycles. The van der Waals surface area contributed by atoms with Gasteiger partial charge in [0.1, 0.15) is 92.6 Å². The van der Waals surface area contributed by atoms with Crippen LogP contribution in [0.2, 0.25) is 0 Å². The van der Waals surface area contributed by atoms with Gasteiger partial charge in [0, 0.05) is 25.7 Å². The first-order valence-corrected chi connectivity index (χ1v) is 46.2. The van der Waals surface area contributed by atoms with Gasteiger partial charge < -0.3 is 88.7 Å². The van der Waals surface area contributed by atoms with E-state index in [1.807, 2.05) is 0 Å². The van der Waals surface area contributed by atoms with Crippen molar-refractivity contribution in [3.05, 3.63) is 36.5 Å². The first-order chi connectivity index (χ1) is 54.7. The first kappa shape index (κ1) is 104. The van der Waals surface area contributed by atoms with Crippen molar-refractivity contribution in [2.24, 2.45) is 0 Å². The molecular formula is C87H157O25P. The minimum absolute atomic E-state index is 0.00756. The number of aliphatic hydroxyl groups is 9. The van der Waals surface area contributed by atoms with Crippen molar-refractivity contribution >= 4 is 31.7 Å². The summed E-state index contributed by atoms with van der Waals surface area (Å²) in [4.78, 5) is 66.2. The Morgan fingerprint density at radius 3 is 1.07 bits per heavy atom. The van der Waals surface area contributed by atoms with E-state index in [1.54, 1.807) is 0 Å². The van der Waals surface area contributed by atoms with Crippen molar-refractivity contribution < 1.29 is 122 Å². The number of unbranched alkanes of at least 4 members (excludes halogenated alkanes) is 41. The van der Waals surface area contributed by atoms with Gasteiger partial charge in [-0.3, -0.25) is 28.2 Å². The standard InChI is InChI=1S/C87H157O25P/c1-5-9-13-17-21-25-29-33-34-38-40-44-48-52-56-60-71(90)104-66-69-75(94)77(96)81(100)87(108-69)111-84-82(109-73(92)62-58-54-50-46-42-37-32-28-24-20-16-12-8-4)78(97)79(98)83(110-86-80(99)76(95)74(93)68(63-88)107-86)85(84)112-113(101,102)105-65-67(106-72(91)61-57-53-49-45-41-36-31-27-23-19-15-11-7-3)64-103-70(89)59-55-51-47-43-39-35-30-26-22-18-14-10-6-2/h25,29,35-36,39,41,67-69,74-88,93-100H,5-24,26-28,30-34,37-38,40,42-66H2,1-4H3,(H,101,102)/b29-25-,39-35-,41-36-. The lowest BCUT2D eigenvalue weighted by molar-refractivity contribution is -0.360. The van der Waals surface area contributed by atoms with E-state index in [9.17, 15) is 74.6 Å². The lowest BCUT2D eigenvalue weighted by atomic mass is 9.84. The van der Waals surface area contributed by atoms with E-state index in [1.165, 1.54) is 128 Å². The second kappa shape index (κ2) is 66.5. The van der Waals surface area contributed by atoms with Crippen LogP contribution >= 0.6 is 7.82 Å². The molecule has 18 unspecified atom stereocenters. The maximum absolute atomic E-state index is 14.9. The molecule has 0 bridgehead atoms. The summed E-state index contributed by atoms with van der Waals surface area (Å²) in [6.07, 6.45) is 26.0. The van der Waals surface area contributed by atoms with Crippen LogP contribution in [0.3, 0.4) is 0 Å². The average molecular weight is 1630 g/mol. The maximum Gasteiger partial charge on any atom is 0.472 e. The Kier molecular flexibility index (Phi) is 61.1. The molecule has 3 rings (SSSR count). The van der Waals surface area contributed by atoms with Gasteiger partial charge in [0.25, 0.3) is 0 Å². The Morgan fingerprint density at radius 2 is 0.664 bits per heavy atom. The van der Waals surface area contributed by atoms with Crippen molar-refractivity contribution in [3.8, 4) is 0 Å². The van der Waals surface area contributed by atoms with Crippen LogP contribution in [0.4, 0.5) is 0 Å². The molecular weight excluding hydrogens is 1480 g/mol. The zero-order valence-electron chi connectivity index (χ0n) is 69.9. The summed E-state index contributed by atoms with van der Waals surface area (Å²) in [6.45, 7) is 5.50. The number of carbonyl (C=O) groups excluding carboxylic acids is 4. The molecule has 0 radical (unpaired) electrons. The number of aliphatic hydroxyl groups excluding tert-OH is 9. The van der Waals surface area contributed by atoms with Crippen LogP contribution in [0.5, 0.6) is 0 Å². The van der Waals surface area contributed by atoms with E-state index < -0.39 is 162 Å². The van der Waals surface area contributed by atoms with E-state index >= 15 is 0 Å². The minimum Gasteiger partial charge on any atom is -0.463 e. The van der Waals surface area contributed by atoms with Gasteiger partial charge in [-0.1, -0.05) is 270 Å². The third kappa shape index (κ3) is 47.3. The monoisotopic (exact) mass is 1630 g/mol. The fraction of sp³-hybridized carbons (Fsp3) is 0.885. The molecule has 25 nitrogen and oxygen atoms in total. The van der Waals surface area contributed by atoms with Crippen LogP contribution < -0.4 is 0 Å². The first-order valence-electron chi connectivity index (χ1n) is 44.7. The maximum atomic E-state index is 14.9.